The number of oxazole rings is 1. The molecule has 9 nitrogen and oxygen atoms in total. The third-order valence-corrected chi connectivity index (χ3v) is 7.23. The highest BCUT2D eigenvalue weighted by molar-refractivity contribution is 6.06. The average Bonchev–Trinajstić information content (AvgIpc) is 3.39. The average molecular weight is 531 g/mol. The fourth-order valence-corrected chi connectivity index (χ4v) is 4.90. The number of hydrogen-bond donors (Lipinski definition) is 1. The van der Waals surface area contributed by atoms with Gasteiger partial charge in [0, 0.05) is 25.1 Å². The topological polar surface area (TPSA) is 132 Å². The number of carbonyl (C=O) groups excluding carboxylic acids is 3. The number of amides is 3. The van der Waals surface area contributed by atoms with Gasteiger partial charge in [0.15, 0.2) is 0 Å². The lowest BCUT2D eigenvalue weighted by Gasteiger charge is -2.24. The Kier molecular flexibility index (Phi) is 9.94. The Labute approximate surface area is 229 Å². The van der Waals surface area contributed by atoms with E-state index in [0.717, 1.165) is 18.4 Å². The fraction of sp³-hybridized carbons (Fsp3) is 0.433. The maximum atomic E-state index is 13.9. The minimum absolute atomic E-state index is 0.0733. The smallest absolute Gasteiger partial charge is 0.298 e. The van der Waals surface area contributed by atoms with Crippen molar-refractivity contribution in [2.45, 2.75) is 64.7 Å². The third-order valence-electron chi connectivity index (χ3n) is 7.23. The van der Waals surface area contributed by atoms with E-state index in [-0.39, 0.29) is 36.2 Å². The number of benzene rings is 1. The van der Waals surface area contributed by atoms with E-state index in [4.69, 9.17) is 10.2 Å². The van der Waals surface area contributed by atoms with Crippen LogP contribution in [-0.4, -0.2) is 44.1 Å². The Balaban J connectivity index is 1.58. The molecule has 2 heterocycles. The molecule has 0 spiro atoms. The Hall–Kier alpha value is -3.88. The maximum absolute atomic E-state index is 13.9. The van der Waals surface area contributed by atoms with Crippen LogP contribution in [0.1, 0.15) is 73.7 Å². The van der Waals surface area contributed by atoms with Crippen molar-refractivity contribution in [1.82, 2.24) is 19.9 Å². The van der Waals surface area contributed by atoms with Crippen molar-refractivity contribution in [2.75, 3.05) is 6.54 Å². The number of rotatable bonds is 12. The second-order valence-corrected chi connectivity index (χ2v) is 10.2. The molecular weight excluding hydrogens is 494 g/mol. The zero-order chi connectivity index (χ0) is 27.6. The molecule has 1 aromatic carbocycles. The Bertz CT molecular complexity index is 1240. The van der Waals surface area contributed by atoms with E-state index in [2.05, 4.69) is 15.0 Å². The minimum atomic E-state index is -0.583. The highest BCUT2D eigenvalue weighted by Crippen LogP contribution is 2.28. The number of nitrogens with zero attached hydrogens (tertiary/aromatic N) is 4. The molecule has 9 heteroatoms. The number of carbonyl (C=O) groups is 3. The molecule has 2 N–H and O–H groups in total. The highest BCUT2D eigenvalue weighted by Gasteiger charge is 2.31. The van der Waals surface area contributed by atoms with E-state index < -0.39 is 17.7 Å². The predicted molar refractivity (Wildman–Crippen MR) is 146 cm³/mol. The molecule has 39 heavy (non-hydrogen) atoms. The molecule has 205 valence electrons. The zero-order valence-corrected chi connectivity index (χ0v) is 22.4. The summed E-state index contributed by atoms with van der Waals surface area (Å²) in [6, 6.07) is 11.6. The molecule has 1 fully saturated rings. The van der Waals surface area contributed by atoms with Crippen LogP contribution >= 0.6 is 0 Å². The molecule has 3 amide bonds. The molecule has 0 saturated heterocycles. The van der Waals surface area contributed by atoms with E-state index in [1.165, 1.54) is 30.5 Å². The van der Waals surface area contributed by atoms with Crippen molar-refractivity contribution >= 4 is 17.7 Å². The molecular formula is C30H36N5O4. The first-order valence-corrected chi connectivity index (χ1v) is 13.7. The Morgan fingerprint density at radius 3 is 2.59 bits per heavy atom. The van der Waals surface area contributed by atoms with Gasteiger partial charge >= 0.3 is 0 Å². The van der Waals surface area contributed by atoms with Crippen LogP contribution in [0.25, 0.3) is 11.6 Å². The summed E-state index contributed by atoms with van der Waals surface area (Å²) in [5.41, 5.74) is 7.29. The van der Waals surface area contributed by atoms with Gasteiger partial charge in [-0.3, -0.25) is 19.3 Å². The van der Waals surface area contributed by atoms with Gasteiger partial charge in [0.25, 0.3) is 5.91 Å². The summed E-state index contributed by atoms with van der Waals surface area (Å²) in [6.07, 6.45) is 12.4. The van der Waals surface area contributed by atoms with Crippen LogP contribution in [0.15, 0.2) is 53.3 Å². The fourth-order valence-electron chi connectivity index (χ4n) is 4.90. The van der Waals surface area contributed by atoms with Crippen LogP contribution in [0.3, 0.4) is 0 Å². The van der Waals surface area contributed by atoms with Gasteiger partial charge in [0.1, 0.15) is 12.0 Å². The van der Waals surface area contributed by atoms with Crippen LogP contribution in [-0.2, 0) is 22.4 Å². The van der Waals surface area contributed by atoms with Crippen LogP contribution < -0.4 is 5.73 Å². The number of primary amides is 1. The lowest BCUT2D eigenvalue weighted by Crippen LogP contribution is -2.39. The Morgan fingerprint density at radius 2 is 1.90 bits per heavy atom. The van der Waals surface area contributed by atoms with Crippen LogP contribution in [0.5, 0.6) is 0 Å². The Morgan fingerprint density at radius 1 is 1.13 bits per heavy atom. The largest absolute Gasteiger partial charge is 0.429 e. The summed E-state index contributed by atoms with van der Waals surface area (Å²) >= 11 is 0. The zero-order valence-electron chi connectivity index (χ0n) is 22.4. The first-order valence-electron chi connectivity index (χ1n) is 13.7. The van der Waals surface area contributed by atoms with Crippen LogP contribution in [0.4, 0.5) is 0 Å². The van der Waals surface area contributed by atoms with Gasteiger partial charge < -0.3 is 10.2 Å². The van der Waals surface area contributed by atoms with Crippen molar-refractivity contribution < 1.29 is 18.8 Å². The van der Waals surface area contributed by atoms with Crippen molar-refractivity contribution in [3.8, 4) is 11.6 Å². The van der Waals surface area contributed by atoms with Crippen molar-refractivity contribution in [3.05, 3.63) is 72.4 Å². The summed E-state index contributed by atoms with van der Waals surface area (Å²) in [7, 11) is 0. The molecule has 1 atom stereocenters. The van der Waals surface area contributed by atoms with E-state index in [1.807, 2.05) is 30.3 Å². The van der Waals surface area contributed by atoms with Crippen molar-refractivity contribution in [1.29, 1.82) is 0 Å². The number of nitrogens with two attached hydrogens (primary N) is 1. The molecule has 1 aliphatic carbocycles. The molecule has 0 bridgehead atoms. The minimum Gasteiger partial charge on any atom is -0.429 e. The van der Waals surface area contributed by atoms with E-state index in [9.17, 15) is 14.4 Å². The number of imide groups is 1. The van der Waals surface area contributed by atoms with E-state index in [0.29, 0.717) is 30.9 Å². The van der Waals surface area contributed by atoms with Crippen LogP contribution in [0.2, 0.25) is 0 Å². The first-order chi connectivity index (χ1) is 18.9. The van der Waals surface area contributed by atoms with Gasteiger partial charge in [-0.2, -0.15) is 0 Å². The number of hydrogen-bond acceptors (Lipinski definition) is 7. The number of aryl methyl sites for hydroxylation is 1. The second kappa shape index (κ2) is 13.8. The van der Waals surface area contributed by atoms with Gasteiger partial charge in [0.2, 0.25) is 23.5 Å². The molecule has 1 radical (unpaired) electrons. The van der Waals surface area contributed by atoms with E-state index in [1.54, 1.807) is 25.6 Å². The van der Waals surface area contributed by atoms with Crippen molar-refractivity contribution in [3.63, 3.8) is 0 Å². The second-order valence-electron chi connectivity index (χ2n) is 10.2. The summed E-state index contributed by atoms with van der Waals surface area (Å²) in [5, 5.41) is 0. The molecule has 1 unspecified atom stereocenters. The normalized spacial score (nSPS) is 14.6. The summed E-state index contributed by atoms with van der Waals surface area (Å²) in [4.78, 5) is 53.0. The molecule has 1 saturated carbocycles. The number of aromatic nitrogens is 3. The first kappa shape index (κ1) is 28.1. The summed E-state index contributed by atoms with van der Waals surface area (Å²) < 4.78 is 5.92. The van der Waals surface area contributed by atoms with Gasteiger partial charge in [-0.05, 0) is 36.8 Å². The van der Waals surface area contributed by atoms with Crippen LogP contribution in [0, 0.1) is 18.3 Å². The highest BCUT2D eigenvalue weighted by atomic mass is 16.4. The maximum Gasteiger partial charge on any atom is 0.298 e. The van der Waals surface area contributed by atoms with Gasteiger partial charge in [0.05, 0.1) is 12.1 Å². The predicted octanol–water partition coefficient (Wildman–Crippen LogP) is 4.57. The molecule has 3 aromatic rings. The standard InChI is InChI=1S/C30H36N5O4/c1-21(28(31)37)19-25-27(39-29(34-25)24-16-17-32-20-33-24)30(38)35(18-8-13-22-9-4-2-5-10-22)26(36)15-14-23-11-6-3-7-12-23/h2,4-5,9-10,15-17,20-21,23H,3,6-8,11-14,18-19H2,1H3,(H2,31,37). The lowest BCUT2D eigenvalue weighted by atomic mass is 9.86. The third kappa shape index (κ3) is 7.81. The monoisotopic (exact) mass is 530 g/mol. The molecule has 4 rings (SSSR count). The van der Waals surface area contributed by atoms with Gasteiger partial charge in [-0.1, -0.05) is 69.4 Å². The molecule has 2 aromatic heterocycles. The van der Waals surface area contributed by atoms with Gasteiger partial charge in [-0.25, -0.2) is 15.0 Å². The van der Waals surface area contributed by atoms with Gasteiger partial charge in [-0.15, -0.1) is 0 Å². The summed E-state index contributed by atoms with van der Waals surface area (Å²) in [5.74, 6) is -1.51. The SMILES string of the molecule is CC(Cc1nc(-c2ccncn2)oc1C(=O)N(CCCc1ccccc1)C(=O)[CH]CC1CCCCC1)C(N)=O. The summed E-state index contributed by atoms with van der Waals surface area (Å²) in [6.45, 7) is 1.89. The van der Waals surface area contributed by atoms with E-state index >= 15 is 0 Å². The molecule has 0 aliphatic heterocycles. The lowest BCUT2D eigenvalue weighted by molar-refractivity contribution is -0.125. The van der Waals surface area contributed by atoms with Crippen molar-refractivity contribution in [2.24, 2.45) is 17.6 Å². The molecule has 1 aliphatic rings. The quantitative estimate of drug-likeness (QED) is 0.363.